The second-order valence-electron chi connectivity index (χ2n) is 8.49. The Hall–Kier alpha value is -2.76. The molecule has 3 rings (SSSR count). The Morgan fingerprint density at radius 1 is 1.17 bits per heavy atom. The molecule has 0 aromatic heterocycles. The molecule has 0 spiro atoms. The van der Waals surface area contributed by atoms with Crippen molar-refractivity contribution in [1.82, 2.24) is 10.2 Å². The summed E-state index contributed by atoms with van der Waals surface area (Å²) >= 11 is 0. The van der Waals surface area contributed by atoms with E-state index in [0.29, 0.717) is 19.7 Å². The van der Waals surface area contributed by atoms with Gasteiger partial charge in [-0.05, 0) is 56.7 Å². The van der Waals surface area contributed by atoms with Crippen LogP contribution in [-0.2, 0) is 16.1 Å². The minimum absolute atomic E-state index is 0.0790. The van der Waals surface area contributed by atoms with Crippen LogP contribution in [0.3, 0.4) is 0 Å². The van der Waals surface area contributed by atoms with Gasteiger partial charge in [-0.3, -0.25) is 4.79 Å². The van der Waals surface area contributed by atoms with Gasteiger partial charge in [-0.2, -0.15) is 0 Å². The van der Waals surface area contributed by atoms with E-state index in [0.717, 1.165) is 34.9 Å². The van der Waals surface area contributed by atoms with Crippen LogP contribution in [0.25, 0.3) is 10.8 Å². The van der Waals surface area contributed by atoms with Crippen LogP contribution in [0.5, 0.6) is 5.75 Å². The molecule has 0 heterocycles. The molecule has 0 radical (unpaired) electrons. The number of carbonyl (C=O) groups is 2. The quantitative estimate of drug-likeness (QED) is 0.708. The van der Waals surface area contributed by atoms with Crippen molar-refractivity contribution in [2.45, 2.75) is 58.7 Å². The molecular weight excluding hydrogens is 368 g/mol. The average Bonchev–Trinajstić information content (AvgIpc) is 3.46. The summed E-state index contributed by atoms with van der Waals surface area (Å²) in [6.07, 6.45) is 1.74. The van der Waals surface area contributed by atoms with Crippen molar-refractivity contribution >= 4 is 22.8 Å². The minimum Gasteiger partial charge on any atom is -0.491 e. The summed E-state index contributed by atoms with van der Waals surface area (Å²) < 4.78 is 11.6. The predicted molar refractivity (Wildman–Crippen MR) is 113 cm³/mol. The van der Waals surface area contributed by atoms with Crippen LogP contribution in [-0.4, -0.2) is 41.7 Å². The third kappa shape index (κ3) is 6.11. The summed E-state index contributed by atoms with van der Waals surface area (Å²) in [6.45, 7) is 8.43. The van der Waals surface area contributed by atoms with Gasteiger partial charge in [-0.25, -0.2) is 4.79 Å². The van der Waals surface area contributed by atoms with Crippen molar-refractivity contribution in [3.8, 4) is 5.75 Å². The summed E-state index contributed by atoms with van der Waals surface area (Å²) in [5, 5.41) is 4.80. The van der Waals surface area contributed by atoms with Crippen molar-refractivity contribution in [2.75, 3.05) is 13.2 Å². The highest BCUT2D eigenvalue weighted by Gasteiger charge is 2.35. The highest BCUT2D eigenvalue weighted by atomic mass is 16.6. The maximum atomic E-state index is 12.7. The number of carbonyl (C=O) groups excluding carboxylic acids is 2. The highest BCUT2D eigenvalue weighted by Crippen LogP contribution is 2.33. The number of nitrogens with one attached hydrogen (secondary N) is 1. The lowest BCUT2D eigenvalue weighted by molar-refractivity contribution is -0.119. The lowest BCUT2D eigenvalue weighted by Gasteiger charge is -2.27. The summed E-state index contributed by atoms with van der Waals surface area (Å²) in [6, 6.07) is 12.3. The van der Waals surface area contributed by atoms with Gasteiger partial charge in [0.15, 0.2) is 0 Å². The molecule has 6 heteroatoms. The topological polar surface area (TPSA) is 67.9 Å². The van der Waals surface area contributed by atoms with Gasteiger partial charge in [0, 0.05) is 24.9 Å². The van der Waals surface area contributed by atoms with Gasteiger partial charge in [-0.1, -0.05) is 24.3 Å². The van der Waals surface area contributed by atoms with Gasteiger partial charge in [0.1, 0.15) is 18.0 Å². The number of hydrogen-bond donors (Lipinski definition) is 1. The van der Waals surface area contributed by atoms with E-state index in [9.17, 15) is 9.59 Å². The first-order valence-electron chi connectivity index (χ1n) is 10.1. The standard InChI is InChI=1S/C23H30N2O4/c1-16(26)24-11-12-28-21-14-17(13-18-7-5-6-8-20(18)21)15-25(19-9-10-19)22(27)29-23(2,3)4/h5-8,13-14,19H,9-12,15H2,1-4H3,(H,24,26). The normalized spacial score (nSPS) is 13.8. The third-order valence-electron chi connectivity index (χ3n) is 4.59. The SMILES string of the molecule is CC(=O)NCCOc1cc(CN(C(=O)OC(C)(C)C)C2CC2)cc2ccccc12. The number of ether oxygens (including phenoxy) is 2. The van der Waals surface area contributed by atoms with E-state index in [2.05, 4.69) is 11.4 Å². The fourth-order valence-electron chi connectivity index (χ4n) is 3.18. The monoisotopic (exact) mass is 398 g/mol. The number of hydrogen-bond acceptors (Lipinski definition) is 4. The second-order valence-corrected chi connectivity index (χ2v) is 8.49. The Balaban J connectivity index is 1.80. The summed E-state index contributed by atoms with van der Waals surface area (Å²) in [5.74, 6) is 0.674. The van der Waals surface area contributed by atoms with Crippen LogP contribution in [0.15, 0.2) is 36.4 Å². The molecule has 1 fully saturated rings. The van der Waals surface area contributed by atoms with Crippen LogP contribution < -0.4 is 10.1 Å². The third-order valence-corrected chi connectivity index (χ3v) is 4.59. The molecule has 1 N–H and O–H groups in total. The van der Waals surface area contributed by atoms with E-state index in [-0.39, 0.29) is 18.0 Å². The zero-order chi connectivity index (χ0) is 21.0. The Bertz CT molecular complexity index is 884. The number of amides is 2. The number of benzene rings is 2. The fourth-order valence-corrected chi connectivity index (χ4v) is 3.18. The molecular formula is C23H30N2O4. The molecule has 29 heavy (non-hydrogen) atoms. The molecule has 0 bridgehead atoms. The van der Waals surface area contributed by atoms with Gasteiger partial charge in [0.2, 0.25) is 5.91 Å². The summed E-state index contributed by atoms with van der Waals surface area (Å²) in [4.78, 5) is 25.6. The van der Waals surface area contributed by atoms with Crippen LogP contribution >= 0.6 is 0 Å². The van der Waals surface area contributed by atoms with E-state index >= 15 is 0 Å². The van der Waals surface area contributed by atoms with Crippen LogP contribution in [0, 0.1) is 0 Å². The molecule has 2 amide bonds. The zero-order valence-corrected chi connectivity index (χ0v) is 17.7. The predicted octanol–water partition coefficient (Wildman–Crippen LogP) is 4.25. The fraction of sp³-hybridized carbons (Fsp3) is 0.478. The van der Waals surface area contributed by atoms with Crippen molar-refractivity contribution < 1.29 is 19.1 Å². The lowest BCUT2D eigenvalue weighted by atomic mass is 10.1. The lowest BCUT2D eigenvalue weighted by Crippen LogP contribution is -2.37. The molecule has 2 aromatic carbocycles. The minimum atomic E-state index is -0.522. The number of fused-ring (bicyclic) bond motifs is 1. The first-order chi connectivity index (χ1) is 13.7. The van der Waals surface area contributed by atoms with Crippen LogP contribution in [0.4, 0.5) is 4.79 Å². The highest BCUT2D eigenvalue weighted by molar-refractivity contribution is 5.89. The second kappa shape index (κ2) is 8.72. The Morgan fingerprint density at radius 3 is 2.55 bits per heavy atom. The van der Waals surface area contributed by atoms with Crippen LogP contribution in [0.1, 0.15) is 46.1 Å². The summed E-state index contributed by atoms with van der Waals surface area (Å²) in [5.41, 5.74) is 0.474. The van der Waals surface area contributed by atoms with Gasteiger partial charge in [0.05, 0.1) is 6.54 Å². The molecule has 0 aliphatic heterocycles. The van der Waals surface area contributed by atoms with Gasteiger partial charge in [0.25, 0.3) is 0 Å². The van der Waals surface area contributed by atoms with Crippen molar-refractivity contribution in [1.29, 1.82) is 0 Å². The average molecular weight is 399 g/mol. The Labute approximate surface area is 172 Å². The van der Waals surface area contributed by atoms with E-state index in [1.54, 1.807) is 0 Å². The van der Waals surface area contributed by atoms with E-state index in [4.69, 9.17) is 9.47 Å². The molecule has 1 aliphatic carbocycles. The first kappa shape index (κ1) is 21.0. The molecule has 0 saturated heterocycles. The van der Waals surface area contributed by atoms with Crippen molar-refractivity contribution in [3.05, 3.63) is 42.0 Å². The molecule has 2 aromatic rings. The molecule has 156 valence electrons. The molecule has 6 nitrogen and oxygen atoms in total. The zero-order valence-electron chi connectivity index (χ0n) is 17.7. The first-order valence-corrected chi connectivity index (χ1v) is 10.1. The van der Waals surface area contributed by atoms with Gasteiger partial charge < -0.3 is 19.7 Å². The van der Waals surface area contributed by atoms with E-state index in [1.807, 2.05) is 56.0 Å². The van der Waals surface area contributed by atoms with Gasteiger partial charge in [-0.15, -0.1) is 0 Å². The van der Waals surface area contributed by atoms with Crippen LogP contribution in [0.2, 0.25) is 0 Å². The molecule has 1 aliphatic rings. The summed E-state index contributed by atoms with van der Waals surface area (Å²) in [7, 11) is 0. The maximum Gasteiger partial charge on any atom is 0.410 e. The largest absolute Gasteiger partial charge is 0.491 e. The van der Waals surface area contributed by atoms with Gasteiger partial charge >= 0.3 is 6.09 Å². The molecule has 0 unspecified atom stereocenters. The smallest absolute Gasteiger partial charge is 0.410 e. The maximum absolute atomic E-state index is 12.7. The molecule has 1 saturated carbocycles. The van der Waals surface area contributed by atoms with E-state index < -0.39 is 5.60 Å². The van der Waals surface area contributed by atoms with E-state index in [1.165, 1.54) is 6.92 Å². The number of nitrogens with zero attached hydrogens (tertiary/aromatic N) is 1. The Morgan fingerprint density at radius 2 is 1.90 bits per heavy atom. The number of rotatable bonds is 7. The van der Waals surface area contributed by atoms with Crippen molar-refractivity contribution in [2.24, 2.45) is 0 Å². The van der Waals surface area contributed by atoms with Crippen molar-refractivity contribution in [3.63, 3.8) is 0 Å². The Kier molecular flexibility index (Phi) is 6.30. The molecule has 0 atom stereocenters.